The maximum absolute atomic E-state index is 12.4. The zero-order valence-corrected chi connectivity index (χ0v) is 13.6. The van der Waals surface area contributed by atoms with Crippen molar-refractivity contribution < 1.29 is 8.42 Å². The number of nitrogens with one attached hydrogen (secondary N) is 1. The molecule has 2 aromatic rings. The van der Waals surface area contributed by atoms with Crippen LogP contribution in [0.3, 0.4) is 0 Å². The molecule has 0 fully saturated rings. The van der Waals surface area contributed by atoms with Crippen molar-refractivity contribution in [3.05, 3.63) is 45.4 Å². The van der Waals surface area contributed by atoms with Crippen molar-refractivity contribution in [1.82, 2.24) is 9.71 Å². The van der Waals surface area contributed by atoms with Crippen LogP contribution < -0.4 is 4.72 Å². The molecule has 1 aromatic heterocycles. The van der Waals surface area contributed by atoms with E-state index in [0.717, 1.165) is 21.8 Å². The summed E-state index contributed by atoms with van der Waals surface area (Å²) in [4.78, 5) is 4.64. The molecule has 108 valence electrons. The van der Waals surface area contributed by atoms with Crippen LogP contribution in [-0.2, 0) is 10.0 Å². The Bertz CT molecular complexity index is 721. The average molecular weight is 310 g/mol. The van der Waals surface area contributed by atoms with Crippen LogP contribution in [0.4, 0.5) is 0 Å². The van der Waals surface area contributed by atoms with Gasteiger partial charge in [-0.25, -0.2) is 18.1 Å². The Morgan fingerprint density at radius 2 is 1.95 bits per heavy atom. The normalized spacial score (nSPS) is 13.4. The highest BCUT2D eigenvalue weighted by atomic mass is 32.2. The smallest absolute Gasteiger partial charge is 0.241 e. The summed E-state index contributed by atoms with van der Waals surface area (Å²) in [5.74, 6) is 0. The van der Waals surface area contributed by atoms with Crippen molar-refractivity contribution in [1.29, 1.82) is 0 Å². The van der Waals surface area contributed by atoms with Gasteiger partial charge in [-0.05, 0) is 39.3 Å². The third-order valence-corrected chi connectivity index (χ3v) is 5.52. The monoisotopic (exact) mass is 310 g/mol. The van der Waals surface area contributed by atoms with Crippen LogP contribution in [0.5, 0.6) is 0 Å². The van der Waals surface area contributed by atoms with Crippen LogP contribution in [0.15, 0.2) is 28.5 Å². The lowest BCUT2D eigenvalue weighted by atomic mass is 10.2. The Hall–Kier alpha value is -1.24. The number of thiazole rings is 1. The first kappa shape index (κ1) is 15.2. The summed E-state index contributed by atoms with van der Waals surface area (Å²) in [6, 6.07) is 4.97. The van der Waals surface area contributed by atoms with Crippen LogP contribution in [0.25, 0.3) is 0 Å². The van der Waals surface area contributed by atoms with E-state index in [1.54, 1.807) is 26.0 Å². The molecule has 2 rings (SSSR count). The maximum atomic E-state index is 12.4. The fourth-order valence-corrected chi connectivity index (χ4v) is 4.19. The van der Waals surface area contributed by atoms with Crippen molar-refractivity contribution in [2.45, 2.75) is 38.6 Å². The summed E-state index contributed by atoms with van der Waals surface area (Å²) in [7, 11) is -3.53. The van der Waals surface area contributed by atoms with E-state index in [1.165, 1.54) is 11.3 Å². The first-order valence-electron chi connectivity index (χ1n) is 6.31. The summed E-state index contributed by atoms with van der Waals surface area (Å²) >= 11 is 1.51. The number of aromatic nitrogens is 1. The average Bonchev–Trinajstić information content (AvgIpc) is 2.74. The van der Waals surface area contributed by atoms with Crippen LogP contribution in [-0.4, -0.2) is 13.4 Å². The first-order valence-corrected chi connectivity index (χ1v) is 8.67. The van der Waals surface area contributed by atoms with Crippen LogP contribution >= 0.6 is 11.3 Å². The third kappa shape index (κ3) is 3.26. The van der Waals surface area contributed by atoms with Gasteiger partial charge >= 0.3 is 0 Å². The van der Waals surface area contributed by atoms with Gasteiger partial charge in [-0.1, -0.05) is 17.7 Å². The molecule has 1 unspecified atom stereocenters. The Morgan fingerprint density at radius 3 is 2.50 bits per heavy atom. The van der Waals surface area contributed by atoms with E-state index in [1.807, 2.05) is 25.3 Å². The van der Waals surface area contributed by atoms with Crippen LogP contribution in [0, 0.1) is 20.8 Å². The van der Waals surface area contributed by atoms with Gasteiger partial charge in [0.25, 0.3) is 0 Å². The van der Waals surface area contributed by atoms with Crippen molar-refractivity contribution in [3.63, 3.8) is 0 Å². The Labute approximate surface area is 123 Å². The lowest BCUT2D eigenvalue weighted by Gasteiger charge is -2.14. The molecule has 0 saturated carbocycles. The number of rotatable bonds is 4. The minimum absolute atomic E-state index is 0.321. The predicted octanol–water partition coefficient (Wildman–Crippen LogP) is 3.11. The molecular formula is C14H18N2O2S2. The van der Waals surface area contributed by atoms with Gasteiger partial charge in [-0.15, -0.1) is 11.3 Å². The molecule has 1 heterocycles. The molecule has 0 aliphatic rings. The highest BCUT2D eigenvalue weighted by molar-refractivity contribution is 7.89. The van der Waals surface area contributed by atoms with Crippen molar-refractivity contribution in [2.24, 2.45) is 0 Å². The van der Waals surface area contributed by atoms with Crippen molar-refractivity contribution in [2.75, 3.05) is 0 Å². The molecule has 1 N–H and O–H groups in total. The molecule has 0 saturated heterocycles. The molecule has 0 aliphatic heterocycles. The number of benzene rings is 1. The van der Waals surface area contributed by atoms with Gasteiger partial charge in [0.05, 0.1) is 21.6 Å². The summed E-state index contributed by atoms with van der Waals surface area (Å²) < 4.78 is 27.5. The number of nitrogens with zero attached hydrogens (tertiary/aromatic N) is 1. The second-order valence-corrected chi connectivity index (χ2v) is 7.65. The van der Waals surface area contributed by atoms with E-state index in [2.05, 4.69) is 9.71 Å². The summed E-state index contributed by atoms with van der Waals surface area (Å²) in [5, 5.41) is 2.81. The topological polar surface area (TPSA) is 59.1 Å². The standard InChI is InChI=1S/C14H18N2O2S2/c1-9-5-6-14(10(2)7-9)20(17,18)16-11(3)13-8-19-12(4)15-13/h5-8,11,16H,1-4H3. The summed E-state index contributed by atoms with van der Waals surface area (Å²) in [6.07, 6.45) is 0. The maximum Gasteiger partial charge on any atom is 0.241 e. The minimum Gasteiger partial charge on any atom is -0.245 e. The molecule has 0 bridgehead atoms. The van der Waals surface area contributed by atoms with E-state index in [4.69, 9.17) is 0 Å². The molecule has 0 radical (unpaired) electrons. The van der Waals surface area contributed by atoms with E-state index in [-0.39, 0.29) is 6.04 Å². The minimum atomic E-state index is -3.53. The molecule has 0 amide bonds. The fourth-order valence-electron chi connectivity index (χ4n) is 2.04. The van der Waals surface area contributed by atoms with Gasteiger partial charge < -0.3 is 0 Å². The zero-order chi connectivity index (χ0) is 14.9. The first-order chi connectivity index (χ1) is 9.29. The van der Waals surface area contributed by atoms with Crippen molar-refractivity contribution >= 4 is 21.4 Å². The molecule has 6 heteroatoms. The third-order valence-electron chi connectivity index (χ3n) is 3.03. The highest BCUT2D eigenvalue weighted by Crippen LogP contribution is 2.21. The quantitative estimate of drug-likeness (QED) is 0.944. The fraction of sp³-hybridized carbons (Fsp3) is 0.357. The van der Waals surface area contributed by atoms with Gasteiger partial charge in [0.1, 0.15) is 0 Å². The summed E-state index contributed by atoms with van der Waals surface area (Å²) in [5.41, 5.74) is 2.55. The Morgan fingerprint density at radius 1 is 1.25 bits per heavy atom. The molecule has 20 heavy (non-hydrogen) atoms. The number of sulfonamides is 1. The van der Waals surface area contributed by atoms with E-state index in [9.17, 15) is 8.42 Å². The van der Waals surface area contributed by atoms with Gasteiger partial charge in [-0.3, -0.25) is 0 Å². The van der Waals surface area contributed by atoms with Crippen molar-refractivity contribution in [3.8, 4) is 0 Å². The SMILES string of the molecule is Cc1ccc(S(=O)(=O)NC(C)c2csc(C)n2)c(C)c1. The second-order valence-electron chi connectivity index (χ2n) is 4.90. The Balaban J connectivity index is 2.27. The number of hydrogen-bond acceptors (Lipinski definition) is 4. The molecular weight excluding hydrogens is 292 g/mol. The van der Waals surface area contributed by atoms with Crippen LogP contribution in [0.2, 0.25) is 0 Å². The van der Waals surface area contributed by atoms with E-state index >= 15 is 0 Å². The number of aryl methyl sites for hydroxylation is 3. The molecule has 0 aliphatic carbocycles. The molecule has 1 aromatic carbocycles. The second kappa shape index (κ2) is 5.63. The number of hydrogen-bond donors (Lipinski definition) is 1. The van der Waals surface area contributed by atoms with Gasteiger partial charge in [0, 0.05) is 5.38 Å². The lowest BCUT2D eigenvalue weighted by molar-refractivity contribution is 0.564. The largest absolute Gasteiger partial charge is 0.245 e. The summed E-state index contributed by atoms with van der Waals surface area (Å²) in [6.45, 7) is 7.45. The van der Waals surface area contributed by atoms with Gasteiger partial charge in [0.2, 0.25) is 10.0 Å². The lowest BCUT2D eigenvalue weighted by Crippen LogP contribution is -2.27. The van der Waals surface area contributed by atoms with Gasteiger partial charge in [-0.2, -0.15) is 0 Å². The molecule has 4 nitrogen and oxygen atoms in total. The highest BCUT2D eigenvalue weighted by Gasteiger charge is 2.21. The zero-order valence-electron chi connectivity index (χ0n) is 12.0. The Kier molecular flexibility index (Phi) is 4.27. The molecule has 0 spiro atoms. The van der Waals surface area contributed by atoms with E-state index in [0.29, 0.717) is 4.90 Å². The van der Waals surface area contributed by atoms with Gasteiger partial charge in [0.15, 0.2) is 0 Å². The van der Waals surface area contributed by atoms with Crippen LogP contribution in [0.1, 0.15) is 34.8 Å². The molecule has 1 atom stereocenters. The van der Waals surface area contributed by atoms with E-state index < -0.39 is 10.0 Å². The predicted molar refractivity (Wildman–Crippen MR) is 81.5 cm³/mol.